The van der Waals surface area contributed by atoms with Crippen LogP contribution in [0.2, 0.25) is 0 Å². The third kappa shape index (κ3) is 3.99. The lowest BCUT2D eigenvalue weighted by atomic mass is 10.0. The molecule has 0 radical (unpaired) electrons. The third-order valence-corrected chi connectivity index (χ3v) is 6.03. The Morgan fingerprint density at radius 2 is 1.83 bits per heavy atom. The number of amides is 1. The minimum atomic E-state index is -0.451. The number of carbonyl (C=O) groups is 2. The van der Waals surface area contributed by atoms with Crippen LogP contribution < -0.4 is 9.47 Å². The molecule has 0 aromatic heterocycles. The van der Waals surface area contributed by atoms with Crippen LogP contribution in [0.1, 0.15) is 52.4 Å². The molecule has 0 spiro atoms. The highest BCUT2D eigenvalue weighted by Crippen LogP contribution is 2.39. The predicted octanol–water partition coefficient (Wildman–Crippen LogP) is 3.71. The maximum atomic E-state index is 12.9. The Kier molecular flexibility index (Phi) is 5.93. The van der Waals surface area contributed by atoms with Crippen molar-refractivity contribution in [1.29, 1.82) is 0 Å². The van der Waals surface area contributed by atoms with Crippen LogP contribution in [0.15, 0.2) is 36.4 Å². The van der Waals surface area contributed by atoms with Crippen LogP contribution in [0, 0.1) is 0 Å². The van der Waals surface area contributed by atoms with Crippen LogP contribution in [-0.2, 0) is 22.4 Å². The molecule has 0 N–H and O–H groups in total. The number of esters is 1. The van der Waals surface area contributed by atoms with Gasteiger partial charge >= 0.3 is 5.97 Å². The lowest BCUT2D eigenvalue weighted by Crippen LogP contribution is -2.34. The van der Waals surface area contributed by atoms with Crippen molar-refractivity contribution in [2.24, 2.45) is 0 Å². The number of benzene rings is 2. The normalized spacial score (nSPS) is 17.5. The fourth-order valence-electron chi connectivity index (χ4n) is 4.48. The number of hydrogen-bond donors (Lipinski definition) is 0. The quantitative estimate of drug-likeness (QED) is 0.681. The molecule has 4 rings (SSSR count). The van der Waals surface area contributed by atoms with Crippen LogP contribution in [0.25, 0.3) is 0 Å². The Hall–Kier alpha value is -3.02. The highest BCUT2D eigenvalue weighted by Gasteiger charge is 2.32. The van der Waals surface area contributed by atoms with Gasteiger partial charge in [0.25, 0.3) is 5.91 Å². The van der Waals surface area contributed by atoms with E-state index in [-0.39, 0.29) is 18.6 Å². The molecule has 1 aliphatic carbocycles. The van der Waals surface area contributed by atoms with E-state index >= 15 is 0 Å². The largest absolute Gasteiger partial charge is 0.497 e. The van der Waals surface area contributed by atoms with Crippen LogP contribution in [0.5, 0.6) is 11.5 Å². The number of nitrogens with zero attached hydrogens (tertiary/aromatic N) is 1. The van der Waals surface area contributed by atoms with Crippen molar-refractivity contribution in [1.82, 2.24) is 4.90 Å². The lowest BCUT2D eigenvalue weighted by Gasteiger charge is -2.26. The minimum Gasteiger partial charge on any atom is -0.497 e. The Balaban J connectivity index is 1.43. The zero-order valence-electron chi connectivity index (χ0n) is 17.5. The molecule has 2 aromatic carbocycles. The van der Waals surface area contributed by atoms with Crippen LogP contribution in [0.4, 0.5) is 0 Å². The summed E-state index contributed by atoms with van der Waals surface area (Å²) >= 11 is 0. The average Bonchev–Trinajstić information content (AvgIpc) is 3.45. The van der Waals surface area contributed by atoms with Gasteiger partial charge in [-0.25, -0.2) is 4.79 Å². The first-order chi connectivity index (χ1) is 14.6. The van der Waals surface area contributed by atoms with Gasteiger partial charge in [-0.1, -0.05) is 6.07 Å². The summed E-state index contributed by atoms with van der Waals surface area (Å²) in [5.74, 6) is 0.786. The number of carbonyl (C=O) groups excluding carboxylic acids is 2. The van der Waals surface area contributed by atoms with Gasteiger partial charge in [-0.05, 0) is 73.6 Å². The standard InChI is InChI=1S/C24H27NO5/c1-28-19-10-11-22(29-2)20(14-19)21-7-4-12-25(21)23(26)15-30-24(27)18-9-8-16-5-3-6-17(16)13-18/h8-11,13-14,21H,3-7,12,15H2,1-2H3/t21-/m0/s1. The molecule has 158 valence electrons. The van der Waals surface area contributed by atoms with Gasteiger partial charge in [-0.15, -0.1) is 0 Å². The van der Waals surface area contributed by atoms with Gasteiger partial charge in [0.1, 0.15) is 11.5 Å². The highest BCUT2D eigenvalue weighted by atomic mass is 16.5. The summed E-state index contributed by atoms with van der Waals surface area (Å²) in [5.41, 5.74) is 3.93. The first-order valence-electron chi connectivity index (χ1n) is 10.4. The van der Waals surface area contributed by atoms with Crippen molar-refractivity contribution in [2.75, 3.05) is 27.4 Å². The van der Waals surface area contributed by atoms with Gasteiger partial charge < -0.3 is 19.1 Å². The van der Waals surface area contributed by atoms with Crippen molar-refractivity contribution in [3.05, 3.63) is 58.7 Å². The molecule has 1 fully saturated rings. The second-order valence-electron chi connectivity index (χ2n) is 7.77. The molecule has 1 saturated heterocycles. The number of rotatable bonds is 6. The van der Waals surface area contributed by atoms with Gasteiger partial charge in [0.2, 0.25) is 0 Å². The van der Waals surface area contributed by atoms with Gasteiger partial charge in [0.05, 0.1) is 25.8 Å². The number of ether oxygens (including phenoxy) is 3. The molecule has 6 nitrogen and oxygen atoms in total. The number of hydrogen-bond acceptors (Lipinski definition) is 5. The fraction of sp³-hybridized carbons (Fsp3) is 0.417. The summed E-state index contributed by atoms with van der Waals surface area (Å²) in [6, 6.07) is 11.1. The van der Waals surface area contributed by atoms with Gasteiger partial charge in [0.15, 0.2) is 6.61 Å². The Morgan fingerprint density at radius 1 is 1.00 bits per heavy atom. The van der Waals surface area contributed by atoms with Gasteiger partial charge in [-0.3, -0.25) is 4.79 Å². The zero-order chi connectivity index (χ0) is 21.1. The molecule has 1 amide bonds. The fourth-order valence-corrected chi connectivity index (χ4v) is 4.48. The van der Waals surface area contributed by atoms with Crippen molar-refractivity contribution < 1.29 is 23.8 Å². The SMILES string of the molecule is COc1ccc(OC)c([C@@H]2CCCN2C(=O)COC(=O)c2ccc3c(c2)CCC3)c1. The summed E-state index contributed by atoms with van der Waals surface area (Å²) in [5, 5.41) is 0. The molecule has 2 aromatic rings. The second kappa shape index (κ2) is 8.78. The van der Waals surface area contributed by atoms with Crippen LogP contribution >= 0.6 is 0 Å². The minimum absolute atomic E-state index is 0.124. The van der Waals surface area contributed by atoms with E-state index in [1.807, 2.05) is 30.3 Å². The Labute approximate surface area is 176 Å². The van der Waals surface area contributed by atoms with Crippen LogP contribution in [-0.4, -0.2) is 44.1 Å². The average molecular weight is 409 g/mol. The van der Waals surface area contributed by atoms with E-state index in [0.29, 0.717) is 17.9 Å². The Morgan fingerprint density at radius 3 is 2.63 bits per heavy atom. The number of methoxy groups -OCH3 is 2. The summed E-state index contributed by atoms with van der Waals surface area (Å²) in [6.07, 6.45) is 4.89. The second-order valence-corrected chi connectivity index (χ2v) is 7.77. The van der Waals surface area contributed by atoms with E-state index < -0.39 is 5.97 Å². The van der Waals surface area contributed by atoms with E-state index in [4.69, 9.17) is 14.2 Å². The molecule has 1 atom stereocenters. The van der Waals surface area contributed by atoms with Crippen molar-refractivity contribution >= 4 is 11.9 Å². The lowest BCUT2D eigenvalue weighted by molar-refractivity contribution is -0.135. The number of likely N-dealkylation sites (tertiary alicyclic amines) is 1. The van der Waals surface area contributed by atoms with Gasteiger partial charge in [-0.2, -0.15) is 0 Å². The van der Waals surface area contributed by atoms with E-state index in [1.54, 1.807) is 25.2 Å². The first-order valence-corrected chi connectivity index (χ1v) is 10.4. The topological polar surface area (TPSA) is 65.1 Å². The van der Waals surface area contributed by atoms with E-state index in [9.17, 15) is 9.59 Å². The summed E-state index contributed by atoms with van der Waals surface area (Å²) in [4.78, 5) is 27.1. The monoisotopic (exact) mass is 409 g/mol. The van der Waals surface area contributed by atoms with E-state index in [0.717, 1.165) is 43.4 Å². The molecule has 30 heavy (non-hydrogen) atoms. The summed E-state index contributed by atoms with van der Waals surface area (Å²) in [7, 11) is 3.23. The summed E-state index contributed by atoms with van der Waals surface area (Å²) < 4.78 is 16.2. The summed E-state index contributed by atoms with van der Waals surface area (Å²) in [6.45, 7) is 0.360. The van der Waals surface area contributed by atoms with Gasteiger partial charge in [0, 0.05) is 12.1 Å². The van der Waals surface area contributed by atoms with Crippen molar-refractivity contribution in [3.8, 4) is 11.5 Å². The van der Waals surface area contributed by atoms with Crippen LogP contribution in [0.3, 0.4) is 0 Å². The van der Waals surface area contributed by atoms with E-state index in [2.05, 4.69) is 0 Å². The smallest absolute Gasteiger partial charge is 0.338 e. The Bertz CT molecular complexity index is 955. The molecule has 0 saturated carbocycles. The molecule has 1 heterocycles. The number of aryl methyl sites for hydroxylation is 2. The molecule has 6 heteroatoms. The molecule has 2 aliphatic rings. The maximum absolute atomic E-state index is 12.9. The molecule has 0 unspecified atom stereocenters. The predicted molar refractivity (Wildman–Crippen MR) is 112 cm³/mol. The zero-order valence-corrected chi connectivity index (χ0v) is 17.5. The highest BCUT2D eigenvalue weighted by molar-refractivity contribution is 5.91. The first kappa shape index (κ1) is 20.3. The molecule has 0 bridgehead atoms. The van der Waals surface area contributed by atoms with Crippen molar-refractivity contribution in [2.45, 2.75) is 38.1 Å². The van der Waals surface area contributed by atoms with E-state index in [1.165, 1.54) is 11.1 Å². The van der Waals surface area contributed by atoms with Crippen molar-refractivity contribution in [3.63, 3.8) is 0 Å². The maximum Gasteiger partial charge on any atom is 0.338 e. The third-order valence-electron chi connectivity index (χ3n) is 6.03. The molecular weight excluding hydrogens is 382 g/mol. The number of fused-ring (bicyclic) bond motifs is 1. The molecule has 1 aliphatic heterocycles. The molecular formula is C24H27NO5.